The second kappa shape index (κ2) is 6.48. The van der Waals surface area contributed by atoms with Crippen LogP contribution in [-0.2, 0) is 4.79 Å². The Labute approximate surface area is 106 Å². The summed E-state index contributed by atoms with van der Waals surface area (Å²) in [5.41, 5.74) is 1.30. The Morgan fingerprint density at radius 2 is 2.31 bits per heavy atom. The average molecular weight is 266 g/mol. The third kappa shape index (κ3) is 3.65. The van der Waals surface area contributed by atoms with Gasteiger partial charge in [0.05, 0.1) is 0 Å². The van der Waals surface area contributed by atoms with Crippen LogP contribution in [0.2, 0.25) is 0 Å². The van der Waals surface area contributed by atoms with Gasteiger partial charge in [-0.05, 0) is 25.3 Å². The van der Waals surface area contributed by atoms with Crippen molar-refractivity contribution in [2.75, 3.05) is 13.1 Å². The van der Waals surface area contributed by atoms with Gasteiger partial charge in [0.25, 0.3) is 0 Å². The number of hydrogen-bond acceptors (Lipinski definition) is 2. The fourth-order valence-electron chi connectivity index (χ4n) is 2.13. The first-order valence-corrected chi connectivity index (χ1v) is 6.31. The molecule has 0 radical (unpaired) electrons. The van der Waals surface area contributed by atoms with Gasteiger partial charge in [-0.25, -0.2) is 0 Å². The molecule has 1 saturated heterocycles. The molecule has 1 heterocycles. The summed E-state index contributed by atoms with van der Waals surface area (Å²) in [7, 11) is 0. The van der Waals surface area contributed by atoms with Crippen molar-refractivity contribution in [1.82, 2.24) is 4.90 Å². The van der Waals surface area contributed by atoms with Gasteiger partial charge in [0.2, 0.25) is 0 Å². The number of carboxylic acid groups (broad SMARTS) is 1. The third-order valence-corrected chi connectivity index (χ3v) is 3.76. The van der Waals surface area contributed by atoms with E-state index >= 15 is 0 Å². The van der Waals surface area contributed by atoms with Crippen LogP contribution in [0.15, 0.2) is 10.6 Å². The monoisotopic (exact) mass is 265 g/mol. The predicted molar refractivity (Wildman–Crippen MR) is 65.8 cm³/mol. The van der Waals surface area contributed by atoms with Gasteiger partial charge in [-0.15, -0.1) is 0 Å². The van der Waals surface area contributed by atoms with E-state index in [1.807, 2.05) is 4.90 Å². The molecule has 1 rings (SSSR count). The maximum absolute atomic E-state index is 11.2. The minimum absolute atomic E-state index is 0.427. The van der Waals surface area contributed by atoms with E-state index < -0.39 is 12.0 Å². The first-order valence-electron chi connectivity index (χ1n) is 5.50. The molecule has 3 nitrogen and oxygen atoms in total. The highest BCUT2D eigenvalue weighted by molar-refractivity contribution is 6.36. The molecule has 1 aliphatic rings. The van der Waals surface area contributed by atoms with Gasteiger partial charge < -0.3 is 5.11 Å². The van der Waals surface area contributed by atoms with Gasteiger partial charge in [-0.2, -0.15) is 0 Å². The minimum Gasteiger partial charge on any atom is -0.480 e. The molecule has 0 bridgehead atoms. The van der Waals surface area contributed by atoms with E-state index in [4.69, 9.17) is 23.2 Å². The molecule has 1 aliphatic heterocycles. The van der Waals surface area contributed by atoms with E-state index in [-0.39, 0.29) is 0 Å². The molecule has 1 fully saturated rings. The summed E-state index contributed by atoms with van der Waals surface area (Å²) >= 11 is 11.3. The van der Waals surface area contributed by atoms with Gasteiger partial charge in [0.1, 0.15) is 6.04 Å². The Balaban J connectivity index is 2.65. The van der Waals surface area contributed by atoms with Gasteiger partial charge in [0.15, 0.2) is 0 Å². The Kier molecular flexibility index (Phi) is 5.59. The van der Waals surface area contributed by atoms with Crippen LogP contribution in [0.5, 0.6) is 0 Å². The SMILES string of the molecule is CCC1CCN(CC(Cl)=CCl)C(C(=O)O)C1. The minimum atomic E-state index is -0.766. The van der Waals surface area contributed by atoms with Crippen molar-refractivity contribution in [1.29, 1.82) is 0 Å². The molecule has 0 aromatic heterocycles. The lowest BCUT2D eigenvalue weighted by Gasteiger charge is -2.36. The van der Waals surface area contributed by atoms with Gasteiger partial charge >= 0.3 is 5.97 Å². The lowest BCUT2D eigenvalue weighted by molar-refractivity contribution is -0.145. The number of aliphatic carboxylic acids is 1. The Morgan fingerprint density at radius 3 is 2.81 bits per heavy atom. The molecule has 0 aliphatic carbocycles. The smallest absolute Gasteiger partial charge is 0.320 e. The molecule has 0 amide bonds. The molecule has 0 aromatic carbocycles. The Bertz CT molecular complexity index is 281. The fourth-order valence-corrected chi connectivity index (χ4v) is 2.35. The number of carbonyl (C=O) groups is 1. The standard InChI is InChI=1S/C11H17Cl2NO2/c1-2-8-3-4-14(7-9(13)6-12)10(5-8)11(15)16/h6,8,10H,2-5,7H2,1H3,(H,15,16). The highest BCUT2D eigenvalue weighted by Gasteiger charge is 2.32. The van der Waals surface area contributed by atoms with Crippen molar-refractivity contribution < 1.29 is 9.90 Å². The molecule has 2 atom stereocenters. The maximum atomic E-state index is 11.2. The fraction of sp³-hybridized carbons (Fsp3) is 0.727. The molecule has 2 unspecified atom stereocenters. The zero-order chi connectivity index (χ0) is 12.1. The number of nitrogens with zero attached hydrogens (tertiary/aromatic N) is 1. The summed E-state index contributed by atoms with van der Waals surface area (Å²) < 4.78 is 0. The van der Waals surface area contributed by atoms with Crippen LogP contribution in [0.25, 0.3) is 0 Å². The molecule has 0 aromatic rings. The lowest BCUT2D eigenvalue weighted by atomic mass is 9.89. The summed E-state index contributed by atoms with van der Waals surface area (Å²) in [6.07, 6.45) is 2.78. The van der Waals surface area contributed by atoms with E-state index in [0.717, 1.165) is 19.4 Å². The van der Waals surface area contributed by atoms with Crippen LogP contribution in [0.4, 0.5) is 0 Å². The molecule has 92 valence electrons. The van der Waals surface area contributed by atoms with Crippen LogP contribution in [0, 0.1) is 5.92 Å². The first kappa shape index (κ1) is 13.8. The Hall–Kier alpha value is -0.250. The summed E-state index contributed by atoms with van der Waals surface area (Å²) in [4.78, 5) is 13.0. The van der Waals surface area contributed by atoms with Crippen LogP contribution in [0.1, 0.15) is 26.2 Å². The second-order valence-corrected chi connectivity index (χ2v) is 4.88. The second-order valence-electron chi connectivity index (χ2n) is 4.18. The Morgan fingerprint density at radius 1 is 1.62 bits per heavy atom. The molecule has 1 N–H and O–H groups in total. The van der Waals surface area contributed by atoms with E-state index in [2.05, 4.69) is 6.92 Å². The summed E-state index contributed by atoms with van der Waals surface area (Å²) in [6.45, 7) is 3.31. The van der Waals surface area contributed by atoms with E-state index in [0.29, 0.717) is 23.9 Å². The summed E-state index contributed by atoms with van der Waals surface area (Å²) in [6, 6.07) is -0.427. The van der Waals surface area contributed by atoms with Crippen molar-refractivity contribution in [3.8, 4) is 0 Å². The number of halogens is 2. The van der Waals surface area contributed by atoms with E-state index in [9.17, 15) is 9.90 Å². The molecular weight excluding hydrogens is 249 g/mol. The van der Waals surface area contributed by atoms with Crippen LogP contribution >= 0.6 is 23.2 Å². The predicted octanol–water partition coefficient (Wildman–Crippen LogP) is 2.88. The quantitative estimate of drug-likeness (QED) is 0.850. The van der Waals surface area contributed by atoms with Crippen LogP contribution in [-0.4, -0.2) is 35.1 Å². The van der Waals surface area contributed by atoms with E-state index in [1.165, 1.54) is 5.54 Å². The van der Waals surface area contributed by atoms with Crippen molar-refractivity contribution >= 4 is 29.2 Å². The number of piperidine rings is 1. The van der Waals surface area contributed by atoms with Crippen molar-refractivity contribution in [3.05, 3.63) is 10.6 Å². The molecule has 0 saturated carbocycles. The first-order chi connectivity index (χ1) is 7.58. The number of likely N-dealkylation sites (tertiary alicyclic amines) is 1. The van der Waals surface area contributed by atoms with Crippen LogP contribution in [0.3, 0.4) is 0 Å². The third-order valence-electron chi connectivity index (χ3n) is 3.16. The molecule has 5 heteroatoms. The largest absolute Gasteiger partial charge is 0.480 e. The highest BCUT2D eigenvalue weighted by Crippen LogP contribution is 2.26. The maximum Gasteiger partial charge on any atom is 0.320 e. The summed E-state index contributed by atoms with van der Waals surface area (Å²) in [5, 5.41) is 9.66. The zero-order valence-electron chi connectivity index (χ0n) is 9.33. The lowest BCUT2D eigenvalue weighted by Crippen LogP contribution is -2.47. The number of carboxylic acids is 1. The van der Waals surface area contributed by atoms with Crippen LogP contribution < -0.4 is 0 Å². The van der Waals surface area contributed by atoms with Gasteiger partial charge in [0, 0.05) is 17.1 Å². The van der Waals surface area contributed by atoms with E-state index in [1.54, 1.807) is 0 Å². The highest BCUT2D eigenvalue weighted by atomic mass is 35.5. The molecule has 0 spiro atoms. The van der Waals surface area contributed by atoms with Crippen molar-refractivity contribution in [2.45, 2.75) is 32.2 Å². The van der Waals surface area contributed by atoms with Crippen molar-refractivity contribution in [3.63, 3.8) is 0 Å². The molecule has 16 heavy (non-hydrogen) atoms. The summed E-state index contributed by atoms with van der Waals surface area (Å²) in [5.74, 6) is -0.256. The molecular formula is C11H17Cl2NO2. The van der Waals surface area contributed by atoms with Crippen molar-refractivity contribution in [2.24, 2.45) is 5.92 Å². The average Bonchev–Trinajstić information content (AvgIpc) is 2.29. The zero-order valence-corrected chi connectivity index (χ0v) is 10.8. The normalized spacial score (nSPS) is 28.1. The number of rotatable bonds is 4. The van der Waals surface area contributed by atoms with Gasteiger partial charge in [-0.3, -0.25) is 9.69 Å². The van der Waals surface area contributed by atoms with Gasteiger partial charge in [-0.1, -0.05) is 36.5 Å². The number of hydrogen-bond donors (Lipinski definition) is 1. The topological polar surface area (TPSA) is 40.5 Å².